The Morgan fingerprint density at radius 1 is 0.893 bits per heavy atom. The third-order valence-electron chi connectivity index (χ3n) is 3.88. The van der Waals surface area contributed by atoms with Crippen molar-refractivity contribution in [2.75, 3.05) is 13.7 Å². The zero-order valence-corrected chi connectivity index (χ0v) is 16.0. The number of ketones is 1. The molecule has 2 aromatic rings. The van der Waals surface area contributed by atoms with Crippen LogP contribution in [0.15, 0.2) is 48.5 Å². The average molecular weight is 384 g/mol. The number of Topliss-reactive ketones (excluding diaryl/α,β-unsaturated/α-hetero) is 1. The normalized spacial score (nSPS) is 10.1. The molecule has 0 unspecified atom stereocenters. The quantitative estimate of drug-likeness (QED) is 0.512. The Balaban J connectivity index is 1.84. The standard InChI is InChI=1S/C21H24N2O5/c1-3-13-28-18-11-9-16(14-19(18)27-2)21(26)23-22-20(25)12-10-17(24)15-7-5-4-6-8-15/h4-9,11,14H,3,10,12-13H2,1-2H3,(H,22,25)(H,23,26). The number of benzene rings is 2. The molecule has 7 heteroatoms. The zero-order chi connectivity index (χ0) is 20.4. The van der Waals surface area contributed by atoms with Gasteiger partial charge >= 0.3 is 0 Å². The summed E-state index contributed by atoms with van der Waals surface area (Å²) in [5.41, 5.74) is 5.50. The van der Waals surface area contributed by atoms with Crippen LogP contribution < -0.4 is 20.3 Å². The molecule has 28 heavy (non-hydrogen) atoms. The smallest absolute Gasteiger partial charge is 0.269 e. The number of rotatable bonds is 9. The minimum Gasteiger partial charge on any atom is -0.493 e. The molecule has 0 spiro atoms. The monoisotopic (exact) mass is 384 g/mol. The molecule has 0 saturated heterocycles. The van der Waals surface area contributed by atoms with Crippen molar-refractivity contribution in [1.29, 1.82) is 0 Å². The molecule has 2 aromatic carbocycles. The Kier molecular flexibility index (Phi) is 8.02. The van der Waals surface area contributed by atoms with E-state index in [1.165, 1.54) is 13.2 Å². The number of carbonyl (C=O) groups excluding carboxylic acids is 3. The highest BCUT2D eigenvalue weighted by atomic mass is 16.5. The minimum atomic E-state index is -0.497. The molecule has 148 valence electrons. The molecule has 2 amide bonds. The van der Waals surface area contributed by atoms with Gasteiger partial charge in [-0.2, -0.15) is 0 Å². The zero-order valence-electron chi connectivity index (χ0n) is 16.0. The van der Waals surface area contributed by atoms with Crippen molar-refractivity contribution in [2.45, 2.75) is 26.2 Å². The lowest BCUT2D eigenvalue weighted by Crippen LogP contribution is -2.41. The summed E-state index contributed by atoms with van der Waals surface area (Å²) in [6, 6.07) is 13.5. The molecule has 0 bridgehead atoms. The van der Waals surface area contributed by atoms with Crippen molar-refractivity contribution in [2.24, 2.45) is 0 Å². The van der Waals surface area contributed by atoms with Crippen LogP contribution in [0.1, 0.15) is 46.9 Å². The summed E-state index contributed by atoms with van der Waals surface area (Å²) in [6.45, 7) is 2.53. The Morgan fingerprint density at radius 3 is 2.32 bits per heavy atom. The summed E-state index contributed by atoms with van der Waals surface area (Å²) >= 11 is 0. The highest BCUT2D eigenvalue weighted by molar-refractivity contribution is 5.99. The van der Waals surface area contributed by atoms with Gasteiger partial charge in [-0.1, -0.05) is 37.3 Å². The molecule has 7 nitrogen and oxygen atoms in total. The maximum atomic E-state index is 12.2. The number of hydrazine groups is 1. The molecule has 0 aromatic heterocycles. The average Bonchev–Trinajstić information content (AvgIpc) is 2.74. The molecular weight excluding hydrogens is 360 g/mol. The van der Waals surface area contributed by atoms with Gasteiger partial charge in [0.15, 0.2) is 17.3 Å². The van der Waals surface area contributed by atoms with Crippen LogP contribution in [0.25, 0.3) is 0 Å². The van der Waals surface area contributed by atoms with Gasteiger partial charge in [-0.3, -0.25) is 25.2 Å². The Bertz CT molecular complexity index is 821. The first kappa shape index (κ1) is 21.0. The second-order valence-corrected chi connectivity index (χ2v) is 6.01. The number of carbonyl (C=O) groups is 3. The molecule has 2 N–H and O–H groups in total. The highest BCUT2D eigenvalue weighted by Gasteiger charge is 2.13. The van der Waals surface area contributed by atoms with Crippen LogP contribution in [0.5, 0.6) is 11.5 Å². The Morgan fingerprint density at radius 2 is 1.64 bits per heavy atom. The lowest BCUT2D eigenvalue weighted by Gasteiger charge is -2.12. The van der Waals surface area contributed by atoms with E-state index >= 15 is 0 Å². The van der Waals surface area contributed by atoms with E-state index in [2.05, 4.69) is 10.9 Å². The molecule has 2 rings (SSSR count). The van der Waals surface area contributed by atoms with E-state index in [4.69, 9.17) is 9.47 Å². The maximum absolute atomic E-state index is 12.2. The van der Waals surface area contributed by atoms with E-state index in [0.29, 0.717) is 29.2 Å². The van der Waals surface area contributed by atoms with Crippen molar-refractivity contribution in [1.82, 2.24) is 10.9 Å². The molecule has 0 aliphatic carbocycles. The van der Waals surface area contributed by atoms with Gasteiger partial charge in [-0.05, 0) is 24.6 Å². The number of amides is 2. The topological polar surface area (TPSA) is 93.7 Å². The predicted octanol–water partition coefficient (Wildman–Crippen LogP) is 2.91. The minimum absolute atomic E-state index is 0.0267. The SMILES string of the molecule is CCCOc1ccc(C(=O)NNC(=O)CCC(=O)c2ccccc2)cc1OC. The summed E-state index contributed by atoms with van der Waals surface area (Å²) in [7, 11) is 1.49. The predicted molar refractivity (Wildman–Crippen MR) is 104 cm³/mol. The maximum Gasteiger partial charge on any atom is 0.269 e. The van der Waals surface area contributed by atoms with Crippen molar-refractivity contribution in [3.63, 3.8) is 0 Å². The van der Waals surface area contributed by atoms with Gasteiger partial charge in [0.05, 0.1) is 13.7 Å². The van der Waals surface area contributed by atoms with Gasteiger partial charge in [0.2, 0.25) is 5.91 Å². The fourth-order valence-corrected chi connectivity index (χ4v) is 2.40. The summed E-state index contributed by atoms with van der Waals surface area (Å²) in [5, 5.41) is 0. The molecule has 0 atom stereocenters. The third kappa shape index (κ3) is 6.12. The third-order valence-corrected chi connectivity index (χ3v) is 3.88. The number of hydrogen-bond acceptors (Lipinski definition) is 5. The first-order valence-corrected chi connectivity index (χ1v) is 9.03. The van der Waals surface area contributed by atoms with Crippen molar-refractivity contribution in [3.8, 4) is 11.5 Å². The van der Waals surface area contributed by atoms with E-state index in [9.17, 15) is 14.4 Å². The van der Waals surface area contributed by atoms with E-state index < -0.39 is 11.8 Å². The molecule has 0 heterocycles. The van der Waals surface area contributed by atoms with E-state index in [-0.39, 0.29) is 18.6 Å². The number of hydrogen-bond donors (Lipinski definition) is 2. The Hall–Kier alpha value is -3.35. The second kappa shape index (κ2) is 10.7. The van der Waals surface area contributed by atoms with Crippen molar-refractivity contribution >= 4 is 17.6 Å². The number of ether oxygens (including phenoxy) is 2. The second-order valence-electron chi connectivity index (χ2n) is 6.01. The summed E-state index contributed by atoms with van der Waals surface area (Å²) < 4.78 is 10.8. The number of nitrogens with one attached hydrogen (secondary N) is 2. The van der Waals surface area contributed by atoms with Crippen LogP contribution >= 0.6 is 0 Å². The van der Waals surface area contributed by atoms with Crippen LogP contribution in [0.2, 0.25) is 0 Å². The van der Waals surface area contributed by atoms with E-state index in [1.807, 2.05) is 13.0 Å². The first-order valence-electron chi connectivity index (χ1n) is 9.03. The van der Waals surface area contributed by atoms with E-state index in [1.54, 1.807) is 36.4 Å². The van der Waals surface area contributed by atoms with Crippen LogP contribution in [0.3, 0.4) is 0 Å². The van der Waals surface area contributed by atoms with Crippen molar-refractivity contribution in [3.05, 3.63) is 59.7 Å². The summed E-state index contributed by atoms with van der Waals surface area (Å²) in [5.74, 6) is -0.102. The van der Waals surface area contributed by atoms with Crippen LogP contribution in [-0.2, 0) is 4.79 Å². The fourth-order valence-electron chi connectivity index (χ4n) is 2.40. The van der Waals surface area contributed by atoms with Gasteiger partial charge in [-0.15, -0.1) is 0 Å². The molecular formula is C21H24N2O5. The molecule has 0 aliphatic rings. The van der Waals surface area contributed by atoms with Gasteiger partial charge in [-0.25, -0.2) is 0 Å². The number of methoxy groups -OCH3 is 1. The summed E-state index contributed by atoms with van der Waals surface area (Å²) in [4.78, 5) is 36.1. The molecule has 0 radical (unpaired) electrons. The highest BCUT2D eigenvalue weighted by Crippen LogP contribution is 2.28. The van der Waals surface area contributed by atoms with Gasteiger partial charge in [0, 0.05) is 24.0 Å². The van der Waals surface area contributed by atoms with Gasteiger partial charge < -0.3 is 9.47 Å². The lowest BCUT2D eigenvalue weighted by atomic mass is 10.1. The van der Waals surface area contributed by atoms with E-state index in [0.717, 1.165) is 6.42 Å². The van der Waals surface area contributed by atoms with Crippen molar-refractivity contribution < 1.29 is 23.9 Å². The fraction of sp³-hybridized carbons (Fsp3) is 0.286. The molecule has 0 saturated carbocycles. The lowest BCUT2D eigenvalue weighted by molar-refractivity contribution is -0.121. The molecule has 0 aliphatic heterocycles. The molecule has 0 fully saturated rings. The van der Waals surface area contributed by atoms with Crippen LogP contribution in [0, 0.1) is 0 Å². The summed E-state index contributed by atoms with van der Waals surface area (Å²) in [6.07, 6.45) is 0.883. The first-order chi connectivity index (χ1) is 13.5. The largest absolute Gasteiger partial charge is 0.493 e. The van der Waals surface area contributed by atoms with Crippen LogP contribution in [0.4, 0.5) is 0 Å². The van der Waals surface area contributed by atoms with Gasteiger partial charge in [0.25, 0.3) is 5.91 Å². The Labute approximate surface area is 164 Å². The van der Waals surface area contributed by atoms with Crippen LogP contribution in [-0.4, -0.2) is 31.3 Å². The van der Waals surface area contributed by atoms with Gasteiger partial charge in [0.1, 0.15) is 0 Å².